The van der Waals surface area contributed by atoms with Gasteiger partial charge in [0.25, 0.3) is 5.91 Å². The summed E-state index contributed by atoms with van der Waals surface area (Å²) >= 11 is 0. The van der Waals surface area contributed by atoms with Gasteiger partial charge < -0.3 is 25.1 Å². The molecular formula is C21H29F3N6O4. The summed E-state index contributed by atoms with van der Waals surface area (Å²) in [6.45, 7) is 6.58. The number of nitrogens with zero attached hydrogens (tertiary/aromatic N) is 5. The minimum atomic E-state index is -4.51. The molecule has 2 N–H and O–H groups in total. The molecule has 2 fully saturated rings. The number of amides is 2. The predicted octanol–water partition coefficient (Wildman–Crippen LogP) is 2.61. The van der Waals surface area contributed by atoms with Crippen LogP contribution in [0.2, 0.25) is 0 Å². The van der Waals surface area contributed by atoms with Crippen molar-refractivity contribution in [3.05, 3.63) is 18.0 Å². The lowest BCUT2D eigenvalue weighted by Gasteiger charge is -2.47. The van der Waals surface area contributed by atoms with E-state index in [4.69, 9.17) is 9.94 Å². The normalized spacial score (nSPS) is 20.4. The molecule has 10 nitrogen and oxygen atoms in total. The van der Waals surface area contributed by atoms with Gasteiger partial charge >= 0.3 is 12.3 Å². The van der Waals surface area contributed by atoms with Crippen molar-refractivity contribution in [3.63, 3.8) is 0 Å². The zero-order valence-corrected chi connectivity index (χ0v) is 19.2. The fourth-order valence-corrected chi connectivity index (χ4v) is 3.79. The van der Waals surface area contributed by atoms with Gasteiger partial charge in [-0.15, -0.1) is 0 Å². The van der Waals surface area contributed by atoms with Crippen LogP contribution in [0.15, 0.2) is 17.5 Å². The maximum absolute atomic E-state index is 12.9. The van der Waals surface area contributed by atoms with Crippen molar-refractivity contribution in [2.24, 2.45) is 16.5 Å². The minimum Gasteiger partial charge on any atom is -0.465 e. The van der Waals surface area contributed by atoms with E-state index in [1.807, 2.05) is 20.8 Å². The molecule has 1 saturated heterocycles. The first kappa shape index (κ1) is 25.5. The zero-order chi connectivity index (χ0) is 25.1. The van der Waals surface area contributed by atoms with E-state index in [-0.39, 0.29) is 35.8 Å². The Morgan fingerprint density at radius 3 is 2.44 bits per heavy atom. The Bertz CT molecular complexity index is 899. The summed E-state index contributed by atoms with van der Waals surface area (Å²) in [6.07, 6.45) is -0.991. The molecule has 1 saturated carbocycles. The van der Waals surface area contributed by atoms with Crippen LogP contribution in [0.25, 0.3) is 0 Å². The van der Waals surface area contributed by atoms with E-state index in [2.05, 4.69) is 20.4 Å². The van der Waals surface area contributed by atoms with Crippen LogP contribution in [0, 0.1) is 11.3 Å². The molecule has 2 unspecified atom stereocenters. The van der Waals surface area contributed by atoms with Gasteiger partial charge in [0.2, 0.25) is 5.95 Å². The molecule has 1 aliphatic heterocycles. The second kappa shape index (κ2) is 10.0. The summed E-state index contributed by atoms with van der Waals surface area (Å²) in [5.74, 6) is 0.0661. The lowest BCUT2D eigenvalue weighted by Crippen LogP contribution is -2.60. The number of alkyl halides is 3. The second-order valence-electron chi connectivity index (χ2n) is 9.53. The monoisotopic (exact) mass is 486 g/mol. The highest BCUT2D eigenvalue weighted by molar-refractivity contribution is 5.78. The van der Waals surface area contributed by atoms with E-state index in [1.165, 1.54) is 6.21 Å². The average Bonchev–Trinajstić information content (AvgIpc) is 3.59. The van der Waals surface area contributed by atoms with Crippen molar-refractivity contribution in [1.29, 1.82) is 0 Å². The number of rotatable bonds is 7. The van der Waals surface area contributed by atoms with Gasteiger partial charge in [-0.1, -0.05) is 25.9 Å². The summed E-state index contributed by atoms with van der Waals surface area (Å²) in [6, 6.07) is -0.734. The molecule has 1 aliphatic carbocycles. The minimum absolute atomic E-state index is 0.173. The number of aromatic nitrogens is 2. The van der Waals surface area contributed by atoms with Gasteiger partial charge in [0.15, 0.2) is 6.61 Å². The molecule has 34 heavy (non-hydrogen) atoms. The van der Waals surface area contributed by atoms with Gasteiger partial charge in [-0.05, 0) is 24.2 Å². The molecule has 188 valence electrons. The first-order valence-corrected chi connectivity index (χ1v) is 10.9. The number of carbonyl (C=O) groups excluding carboxylic acids is 1. The number of piperazine rings is 1. The van der Waals surface area contributed by atoms with E-state index in [0.29, 0.717) is 19.6 Å². The van der Waals surface area contributed by atoms with E-state index >= 15 is 0 Å². The van der Waals surface area contributed by atoms with E-state index < -0.39 is 23.9 Å². The fourth-order valence-electron chi connectivity index (χ4n) is 3.79. The number of nitrogens with one attached hydrogen (secondary N) is 1. The summed E-state index contributed by atoms with van der Waals surface area (Å²) in [4.78, 5) is 40.1. The van der Waals surface area contributed by atoms with Crippen molar-refractivity contribution < 1.29 is 32.7 Å². The number of carboxylic acid groups (broad SMARTS) is 1. The average molecular weight is 486 g/mol. The number of halogens is 3. The Balaban J connectivity index is 1.60. The SMILES string of the molecule is CC(C)(C)C1CN(c2ncc(C(F)(F)F)cn2)CCN1C(=O)CO/N=C/C(NC(=O)O)C1CC1. The maximum atomic E-state index is 12.9. The third-order valence-electron chi connectivity index (χ3n) is 5.85. The largest absolute Gasteiger partial charge is 0.465 e. The Kier molecular flexibility index (Phi) is 7.51. The molecule has 2 amide bonds. The first-order valence-electron chi connectivity index (χ1n) is 10.9. The quantitative estimate of drug-likeness (QED) is 0.449. The molecule has 0 bridgehead atoms. The number of hydrogen-bond donors (Lipinski definition) is 2. The van der Waals surface area contributed by atoms with Crippen molar-refractivity contribution in [2.75, 3.05) is 31.1 Å². The topological polar surface area (TPSA) is 120 Å². The molecular weight excluding hydrogens is 457 g/mol. The van der Waals surface area contributed by atoms with E-state index in [1.54, 1.807) is 9.80 Å². The molecule has 2 atom stereocenters. The van der Waals surface area contributed by atoms with Gasteiger partial charge in [0.05, 0.1) is 23.9 Å². The van der Waals surface area contributed by atoms with Crippen LogP contribution >= 0.6 is 0 Å². The van der Waals surface area contributed by atoms with Gasteiger partial charge in [-0.25, -0.2) is 14.8 Å². The third-order valence-corrected chi connectivity index (χ3v) is 5.85. The van der Waals surface area contributed by atoms with Crippen LogP contribution in [0.5, 0.6) is 0 Å². The molecule has 2 heterocycles. The van der Waals surface area contributed by atoms with Crippen LogP contribution < -0.4 is 10.2 Å². The summed E-state index contributed by atoms with van der Waals surface area (Å²) in [5, 5.41) is 15.0. The summed E-state index contributed by atoms with van der Waals surface area (Å²) in [5.41, 5.74) is -1.26. The molecule has 1 aromatic rings. The highest BCUT2D eigenvalue weighted by Gasteiger charge is 2.39. The second-order valence-corrected chi connectivity index (χ2v) is 9.53. The number of anilines is 1. The van der Waals surface area contributed by atoms with Crippen molar-refractivity contribution in [3.8, 4) is 0 Å². The van der Waals surface area contributed by atoms with Gasteiger partial charge in [0, 0.05) is 32.0 Å². The van der Waals surface area contributed by atoms with Crippen LogP contribution in [0.3, 0.4) is 0 Å². The predicted molar refractivity (Wildman–Crippen MR) is 116 cm³/mol. The summed E-state index contributed by atoms with van der Waals surface area (Å²) in [7, 11) is 0. The van der Waals surface area contributed by atoms with Gasteiger partial charge in [0.1, 0.15) is 0 Å². The number of oxime groups is 1. The molecule has 3 rings (SSSR count). The van der Waals surface area contributed by atoms with Crippen LogP contribution in [-0.4, -0.2) is 76.5 Å². The van der Waals surface area contributed by atoms with Gasteiger partial charge in [-0.2, -0.15) is 13.2 Å². The zero-order valence-electron chi connectivity index (χ0n) is 19.2. The first-order chi connectivity index (χ1) is 15.9. The molecule has 0 aromatic carbocycles. The molecule has 13 heteroatoms. The third kappa shape index (κ3) is 6.70. The summed E-state index contributed by atoms with van der Waals surface area (Å²) < 4.78 is 38.4. The highest BCUT2D eigenvalue weighted by Crippen LogP contribution is 2.32. The van der Waals surface area contributed by atoms with Crippen LogP contribution in [0.4, 0.5) is 23.9 Å². The number of hydrogen-bond acceptors (Lipinski definition) is 7. The smallest absolute Gasteiger partial charge is 0.419 e. The van der Waals surface area contributed by atoms with E-state index in [0.717, 1.165) is 25.2 Å². The Hall–Kier alpha value is -3.12. The fraction of sp³-hybridized carbons (Fsp3) is 0.667. The molecule has 0 spiro atoms. The Morgan fingerprint density at radius 2 is 1.91 bits per heavy atom. The molecule has 2 aliphatic rings. The van der Waals surface area contributed by atoms with Crippen molar-refractivity contribution >= 4 is 24.2 Å². The Morgan fingerprint density at radius 1 is 1.26 bits per heavy atom. The van der Waals surface area contributed by atoms with Crippen molar-refractivity contribution in [2.45, 2.75) is 51.9 Å². The van der Waals surface area contributed by atoms with Gasteiger partial charge in [-0.3, -0.25) is 4.79 Å². The standard InChI is InChI=1S/C21H29F3N6O4/c1-20(2,3)16-11-29(18-25-8-14(9-26-18)21(22,23)24)6-7-30(16)17(31)12-34-27-10-15(13-4-5-13)28-19(32)33/h8-10,13,15-16,28H,4-7,11-12H2,1-3H3,(H,32,33)/b27-10+. The molecule has 1 aromatic heterocycles. The highest BCUT2D eigenvalue weighted by atomic mass is 19.4. The number of carbonyl (C=O) groups is 2. The van der Waals surface area contributed by atoms with E-state index in [9.17, 15) is 22.8 Å². The van der Waals surface area contributed by atoms with Crippen LogP contribution in [-0.2, 0) is 15.8 Å². The van der Waals surface area contributed by atoms with Crippen molar-refractivity contribution in [1.82, 2.24) is 20.2 Å². The lowest BCUT2D eigenvalue weighted by atomic mass is 9.84. The Labute approximate surface area is 195 Å². The maximum Gasteiger partial charge on any atom is 0.419 e. The lowest BCUT2D eigenvalue weighted by molar-refractivity contribution is -0.141. The molecule has 0 radical (unpaired) electrons. The van der Waals surface area contributed by atoms with Crippen LogP contribution in [0.1, 0.15) is 39.2 Å².